The minimum absolute atomic E-state index is 0.280. The van der Waals surface area contributed by atoms with Crippen molar-refractivity contribution in [2.45, 2.75) is 20.8 Å². The van der Waals surface area contributed by atoms with E-state index in [1.54, 1.807) is 22.9 Å². The molecule has 0 aliphatic rings. The third kappa shape index (κ3) is 3.48. The van der Waals surface area contributed by atoms with E-state index >= 15 is 0 Å². The number of halogens is 1. The van der Waals surface area contributed by atoms with Gasteiger partial charge in [-0.25, -0.2) is 9.67 Å². The molecule has 0 unspecified atom stereocenters. The van der Waals surface area contributed by atoms with Crippen LogP contribution in [0.3, 0.4) is 0 Å². The lowest BCUT2D eigenvalue weighted by Crippen LogP contribution is -2.13. The van der Waals surface area contributed by atoms with Gasteiger partial charge in [0.1, 0.15) is 10.7 Å². The molecule has 1 aromatic carbocycles. The molecule has 8 heteroatoms. The molecule has 0 bridgehead atoms. The van der Waals surface area contributed by atoms with Gasteiger partial charge in [-0.3, -0.25) is 10.1 Å². The molecule has 0 atom stereocenters. The van der Waals surface area contributed by atoms with Gasteiger partial charge in [-0.1, -0.05) is 29.8 Å². The lowest BCUT2D eigenvalue weighted by Gasteiger charge is -2.03. The largest absolute Gasteiger partial charge is 0.298 e. The summed E-state index contributed by atoms with van der Waals surface area (Å²) in [5.74, 6) is -0.316. The third-order valence-electron chi connectivity index (χ3n) is 4.27. The van der Waals surface area contributed by atoms with Gasteiger partial charge in [0.05, 0.1) is 17.1 Å². The van der Waals surface area contributed by atoms with E-state index in [0.29, 0.717) is 16.4 Å². The summed E-state index contributed by atoms with van der Waals surface area (Å²) in [7, 11) is 0. The molecular weight excluding hydrogens is 412 g/mol. The SMILES string of the molecule is Cc1cc(-c2csc(NC(=O)c3c(C)nn(-c4ccccc4)c3Cl)n2)c(C)s1. The number of aryl methyl sites for hydroxylation is 3. The lowest BCUT2D eigenvalue weighted by molar-refractivity contribution is 0.102. The Labute approximate surface area is 175 Å². The average Bonchev–Trinajstić information content (AvgIpc) is 3.33. The fourth-order valence-corrected chi connectivity index (χ4v) is 4.99. The van der Waals surface area contributed by atoms with Gasteiger partial charge in [0.15, 0.2) is 5.13 Å². The molecule has 0 saturated heterocycles. The van der Waals surface area contributed by atoms with Crippen LogP contribution in [0.25, 0.3) is 16.9 Å². The van der Waals surface area contributed by atoms with E-state index < -0.39 is 0 Å². The highest BCUT2D eigenvalue weighted by atomic mass is 35.5. The first-order valence-electron chi connectivity index (χ1n) is 8.59. The predicted octanol–water partition coefficient (Wildman–Crippen LogP) is 5.89. The summed E-state index contributed by atoms with van der Waals surface area (Å²) in [4.78, 5) is 19.9. The van der Waals surface area contributed by atoms with Crippen molar-refractivity contribution in [2.75, 3.05) is 5.32 Å². The number of thiazole rings is 1. The second-order valence-corrected chi connectivity index (χ2v) is 8.99. The summed E-state index contributed by atoms with van der Waals surface area (Å²) in [5.41, 5.74) is 3.68. The van der Waals surface area contributed by atoms with Crippen molar-refractivity contribution in [1.82, 2.24) is 14.8 Å². The van der Waals surface area contributed by atoms with Crippen LogP contribution in [-0.2, 0) is 0 Å². The zero-order valence-electron chi connectivity index (χ0n) is 15.5. The molecule has 0 saturated carbocycles. The molecule has 4 rings (SSSR count). The van der Waals surface area contributed by atoms with Crippen LogP contribution in [0.2, 0.25) is 5.15 Å². The van der Waals surface area contributed by atoms with E-state index in [4.69, 9.17) is 11.6 Å². The number of nitrogens with one attached hydrogen (secondary N) is 1. The minimum atomic E-state index is -0.316. The number of thiophene rings is 1. The van der Waals surface area contributed by atoms with Gasteiger partial charge in [0.25, 0.3) is 5.91 Å². The van der Waals surface area contributed by atoms with Crippen molar-refractivity contribution >= 4 is 45.3 Å². The van der Waals surface area contributed by atoms with Crippen LogP contribution < -0.4 is 5.32 Å². The molecule has 4 aromatic rings. The van der Waals surface area contributed by atoms with E-state index in [1.165, 1.54) is 21.1 Å². The van der Waals surface area contributed by atoms with E-state index in [2.05, 4.69) is 35.3 Å². The number of anilines is 1. The van der Waals surface area contributed by atoms with Crippen LogP contribution in [0.15, 0.2) is 41.8 Å². The highest BCUT2D eigenvalue weighted by Crippen LogP contribution is 2.33. The second-order valence-electron chi connectivity index (χ2n) is 6.32. The zero-order valence-corrected chi connectivity index (χ0v) is 17.9. The Bertz CT molecular complexity index is 1160. The van der Waals surface area contributed by atoms with Crippen LogP contribution in [-0.4, -0.2) is 20.7 Å². The highest BCUT2D eigenvalue weighted by molar-refractivity contribution is 7.14. The lowest BCUT2D eigenvalue weighted by atomic mass is 10.2. The van der Waals surface area contributed by atoms with E-state index in [1.807, 2.05) is 35.7 Å². The number of amides is 1. The first kappa shape index (κ1) is 18.9. The second kappa shape index (κ2) is 7.50. The topological polar surface area (TPSA) is 59.8 Å². The molecule has 1 amide bonds. The molecule has 1 N–H and O–H groups in total. The summed E-state index contributed by atoms with van der Waals surface area (Å²) < 4.78 is 1.57. The van der Waals surface area contributed by atoms with Gasteiger partial charge in [-0.05, 0) is 39.0 Å². The number of nitrogens with zero attached hydrogens (tertiary/aromatic N) is 3. The number of carbonyl (C=O) groups is 1. The number of hydrogen-bond acceptors (Lipinski definition) is 5. The molecule has 3 heterocycles. The number of aromatic nitrogens is 3. The summed E-state index contributed by atoms with van der Waals surface area (Å²) in [5, 5.41) is 10.0. The fraction of sp³-hybridized carbons (Fsp3) is 0.150. The summed E-state index contributed by atoms with van der Waals surface area (Å²) in [6.45, 7) is 5.92. The van der Waals surface area contributed by atoms with Crippen molar-refractivity contribution in [3.05, 3.63) is 67.9 Å². The van der Waals surface area contributed by atoms with Crippen molar-refractivity contribution in [2.24, 2.45) is 0 Å². The van der Waals surface area contributed by atoms with Crippen molar-refractivity contribution in [3.8, 4) is 16.9 Å². The monoisotopic (exact) mass is 428 g/mol. The highest BCUT2D eigenvalue weighted by Gasteiger charge is 2.22. The molecule has 0 aliphatic carbocycles. The Morgan fingerprint density at radius 2 is 1.93 bits per heavy atom. The maximum absolute atomic E-state index is 12.8. The maximum atomic E-state index is 12.8. The van der Waals surface area contributed by atoms with E-state index in [9.17, 15) is 4.79 Å². The van der Waals surface area contributed by atoms with Gasteiger partial charge in [-0.2, -0.15) is 5.10 Å². The van der Waals surface area contributed by atoms with Crippen molar-refractivity contribution in [1.29, 1.82) is 0 Å². The van der Waals surface area contributed by atoms with Crippen molar-refractivity contribution in [3.63, 3.8) is 0 Å². The van der Waals surface area contributed by atoms with Gasteiger partial charge in [0, 0.05) is 20.7 Å². The van der Waals surface area contributed by atoms with Gasteiger partial charge in [0.2, 0.25) is 0 Å². The number of carbonyl (C=O) groups excluding carboxylic acids is 1. The van der Waals surface area contributed by atoms with E-state index in [-0.39, 0.29) is 11.1 Å². The third-order valence-corrected chi connectivity index (χ3v) is 6.35. The standard InChI is InChI=1S/C20H17ClN4OS2/c1-11-9-15(13(3)28-11)16-10-27-20(22-16)23-19(26)17-12(2)24-25(18(17)21)14-7-5-4-6-8-14/h4-10H,1-3H3,(H,22,23,26). The predicted molar refractivity (Wildman–Crippen MR) is 116 cm³/mol. The molecule has 5 nitrogen and oxygen atoms in total. The van der Waals surface area contributed by atoms with Crippen LogP contribution in [0.4, 0.5) is 5.13 Å². The molecule has 0 aliphatic heterocycles. The first-order valence-corrected chi connectivity index (χ1v) is 10.7. The normalized spacial score (nSPS) is 11.0. The maximum Gasteiger partial charge on any atom is 0.262 e. The van der Waals surface area contributed by atoms with Crippen molar-refractivity contribution < 1.29 is 4.79 Å². The Hall–Kier alpha value is -2.48. The van der Waals surface area contributed by atoms with Crippen LogP contribution in [0, 0.1) is 20.8 Å². The fourth-order valence-electron chi connectivity index (χ4n) is 3.00. The van der Waals surface area contributed by atoms with Gasteiger partial charge < -0.3 is 0 Å². The summed E-state index contributed by atoms with van der Waals surface area (Å²) in [6.07, 6.45) is 0. The minimum Gasteiger partial charge on any atom is -0.298 e. The van der Waals surface area contributed by atoms with Crippen LogP contribution in [0.1, 0.15) is 25.8 Å². The summed E-state index contributed by atoms with van der Waals surface area (Å²) in [6, 6.07) is 11.6. The van der Waals surface area contributed by atoms with Crippen LogP contribution >= 0.6 is 34.3 Å². The Morgan fingerprint density at radius 3 is 2.61 bits per heavy atom. The number of benzene rings is 1. The average molecular weight is 429 g/mol. The zero-order chi connectivity index (χ0) is 19.8. The smallest absolute Gasteiger partial charge is 0.262 e. The molecule has 0 fully saturated rings. The molecule has 0 radical (unpaired) electrons. The molecule has 142 valence electrons. The quantitative estimate of drug-likeness (QED) is 0.441. The summed E-state index contributed by atoms with van der Waals surface area (Å²) >= 11 is 9.60. The van der Waals surface area contributed by atoms with Gasteiger partial charge >= 0.3 is 0 Å². The Morgan fingerprint density at radius 1 is 1.18 bits per heavy atom. The van der Waals surface area contributed by atoms with Crippen LogP contribution in [0.5, 0.6) is 0 Å². The Kier molecular flexibility index (Phi) is 5.05. The van der Waals surface area contributed by atoms with E-state index in [0.717, 1.165) is 16.9 Å². The molecule has 0 spiro atoms. The number of rotatable bonds is 4. The first-order chi connectivity index (χ1) is 13.4. The molecule has 3 aromatic heterocycles. The van der Waals surface area contributed by atoms with Gasteiger partial charge in [-0.15, -0.1) is 22.7 Å². The number of para-hydroxylation sites is 1. The molecule has 28 heavy (non-hydrogen) atoms. The molecular formula is C20H17ClN4OS2. The number of hydrogen-bond donors (Lipinski definition) is 1. The Balaban J connectivity index is 1.60.